The van der Waals surface area contributed by atoms with Gasteiger partial charge in [0.15, 0.2) is 0 Å². The zero-order chi connectivity index (χ0) is 12.3. The summed E-state index contributed by atoms with van der Waals surface area (Å²) in [7, 11) is 0. The van der Waals surface area contributed by atoms with E-state index in [0.29, 0.717) is 0 Å². The first-order valence-electron chi connectivity index (χ1n) is 5.87. The number of carbonyl (C=O) groups excluding carboxylic acids is 1. The molecule has 0 aromatic heterocycles. The lowest BCUT2D eigenvalue weighted by molar-refractivity contribution is -0.120. The van der Waals surface area contributed by atoms with Gasteiger partial charge in [-0.25, -0.2) is 0 Å². The molecular weight excluding hydrogens is 214 g/mol. The molecule has 0 heterocycles. The largest absolute Gasteiger partial charge is 0.387 e. The summed E-state index contributed by atoms with van der Waals surface area (Å²) in [6, 6.07) is 8.27. The summed E-state index contributed by atoms with van der Waals surface area (Å²) >= 11 is 0. The van der Waals surface area contributed by atoms with E-state index in [1.807, 2.05) is 12.1 Å². The fourth-order valence-electron chi connectivity index (χ4n) is 2.32. The number of amidine groups is 1. The van der Waals surface area contributed by atoms with Crippen molar-refractivity contribution in [3.8, 4) is 0 Å². The van der Waals surface area contributed by atoms with Crippen LogP contribution in [0.3, 0.4) is 0 Å². The molecule has 1 aliphatic rings. The van der Waals surface area contributed by atoms with Crippen LogP contribution in [0.15, 0.2) is 24.3 Å². The number of carbonyl (C=O) groups is 1. The molecule has 0 saturated carbocycles. The molecule has 0 fully saturated rings. The van der Waals surface area contributed by atoms with Crippen LogP contribution in [-0.4, -0.2) is 11.7 Å². The van der Waals surface area contributed by atoms with Crippen LogP contribution in [0.25, 0.3) is 0 Å². The minimum absolute atomic E-state index is 0.0152. The van der Waals surface area contributed by atoms with Gasteiger partial charge in [-0.3, -0.25) is 10.2 Å². The summed E-state index contributed by atoms with van der Waals surface area (Å²) in [5.41, 5.74) is 7.73. The number of hydrogen-bond acceptors (Lipinski definition) is 2. The number of amides is 1. The number of rotatable bonds is 3. The normalized spacial score (nSPS) is 18.2. The molecule has 1 atom stereocenters. The Kier molecular flexibility index (Phi) is 3.42. The second-order valence-electron chi connectivity index (χ2n) is 4.41. The molecule has 4 heteroatoms. The lowest BCUT2D eigenvalue weighted by atomic mass is 9.87. The number of hydrogen-bond donors (Lipinski definition) is 3. The minimum Gasteiger partial charge on any atom is -0.387 e. The summed E-state index contributed by atoms with van der Waals surface area (Å²) in [5, 5.41) is 10.1. The molecule has 1 aromatic carbocycles. The van der Waals surface area contributed by atoms with E-state index in [9.17, 15) is 4.79 Å². The van der Waals surface area contributed by atoms with Crippen LogP contribution in [0.5, 0.6) is 0 Å². The Morgan fingerprint density at radius 2 is 2.24 bits per heavy atom. The van der Waals surface area contributed by atoms with Crippen molar-refractivity contribution in [1.29, 1.82) is 5.41 Å². The monoisotopic (exact) mass is 231 g/mol. The second kappa shape index (κ2) is 4.99. The first-order valence-corrected chi connectivity index (χ1v) is 5.87. The quantitative estimate of drug-likeness (QED) is 0.544. The number of fused-ring (bicyclic) bond motifs is 1. The van der Waals surface area contributed by atoms with Gasteiger partial charge in [0.2, 0.25) is 5.91 Å². The van der Waals surface area contributed by atoms with Gasteiger partial charge in [-0.15, -0.1) is 0 Å². The molecule has 1 aliphatic carbocycles. The molecular formula is C13H17N3O. The Balaban J connectivity index is 2.08. The highest BCUT2D eigenvalue weighted by molar-refractivity contribution is 5.97. The molecule has 2 rings (SSSR count). The fourth-order valence-corrected chi connectivity index (χ4v) is 2.32. The van der Waals surface area contributed by atoms with Gasteiger partial charge < -0.3 is 11.1 Å². The summed E-state index contributed by atoms with van der Waals surface area (Å²) < 4.78 is 0. The van der Waals surface area contributed by atoms with Crippen LogP contribution >= 0.6 is 0 Å². The SMILES string of the molecule is N=C(N)CC(=O)N[C@@H]1CCCc2ccccc21. The molecule has 4 N–H and O–H groups in total. The number of nitrogens with two attached hydrogens (primary N) is 1. The summed E-state index contributed by atoms with van der Waals surface area (Å²) in [6.45, 7) is 0. The van der Waals surface area contributed by atoms with Crippen molar-refractivity contribution < 1.29 is 4.79 Å². The van der Waals surface area contributed by atoms with Crippen LogP contribution in [0, 0.1) is 5.41 Å². The molecule has 1 amide bonds. The smallest absolute Gasteiger partial charge is 0.228 e. The Bertz CT molecular complexity index is 442. The van der Waals surface area contributed by atoms with E-state index < -0.39 is 0 Å². The third-order valence-corrected chi connectivity index (χ3v) is 3.06. The van der Waals surface area contributed by atoms with E-state index in [1.165, 1.54) is 11.1 Å². The highest BCUT2D eigenvalue weighted by atomic mass is 16.1. The molecule has 0 unspecified atom stereocenters. The Morgan fingerprint density at radius 1 is 1.47 bits per heavy atom. The van der Waals surface area contributed by atoms with E-state index in [0.717, 1.165) is 19.3 Å². The molecule has 0 bridgehead atoms. The maximum atomic E-state index is 11.6. The van der Waals surface area contributed by atoms with Gasteiger partial charge >= 0.3 is 0 Å². The van der Waals surface area contributed by atoms with E-state index >= 15 is 0 Å². The average molecular weight is 231 g/mol. The molecule has 0 saturated heterocycles. The molecule has 0 spiro atoms. The molecule has 0 aliphatic heterocycles. The fraction of sp³-hybridized carbons (Fsp3) is 0.385. The van der Waals surface area contributed by atoms with Crippen molar-refractivity contribution in [3.63, 3.8) is 0 Å². The summed E-state index contributed by atoms with van der Waals surface area (Å²) in [6.07, 6.45) is 3.11. The second-order valence-corrected chi connectivity index (χ2v) is 4.41. The maximum Gasteiger partial charge on any atom is 0.228 e. The standard InChI is InChI=1S/C13H17N3O/c14-12(15)8-13(17)16-11-7-3-5-9-4-1-2-6-10(9)11/h1-2,4,6,11H,3,5,7-8H2,(H3,14,15)(H,16,17)/t11-/m1/s1. The first-order chi connectivity index (χ1) is 8.16. The molecule has 4 nitrogen and oxygen atoms in total. The van der Waals surface area contributed by atoms with Gasteiger partial charge in [-0.2, -0.15) is 0 Å². The lowest BCUT2D eigenvalue weighted by Crippen LogP contribution is -2.33. The predicted octanol–water partition coefficient (Wildman–Crippen LogP) is 1.51. The number of aryl methyl sites for hydroxylation is 1. The van der Waals surface area contributed by atoms with Crippen LogP contribution < -0.4 is 11.1 Å². The van der Waals surface area contributed by atoms with Gasteiger partial charge in [0.1, 0.15) is 0 Å². The Morgan fingerprint density at radius 3 is 3.00 bits per heavy atom. The third kappa shape index (κ3) is 2.84. The topological polar surface area (TPSA) is 79.0 Å². The Labute approximate surface area is 101 Å². The van der Waals surface area contributed by atoms with E-state index in [2.05, 4.69) is 17.4 Å². The van der Waals surface area contributed by atoms with Crippen LogP contribution in [-0.2, 0) is 11.2 Å². The van der Waals surface area contributed by atoms with Crippen LogP contribution in [0.2, 0.25) is 0 Å². The van der Waals surface area contributed by atoms with Crippen molar-refractivity contribution in [2.24, 2.45) is 5.73 Å². The maximum absolute atomic E-state index is 11.6. The van der Waals surface area contributed by atoms with Crippen LogP contribution in [0.4, 0.5) is 0 Å². The van der Waals surface area contributed by atoms with Crippen molar-refractivity contribution >= 4 is 11.7 Å². The summed E-state index contributed by atoms with van der Waals surface area (Å²) in [5.74, 6) is -0.259. The number of nitrogens with one attached hydrogen (secondary N) is 2. The average Bonchev–Trinajstić information content (AvgIpc) is 2.28. The highest BCUT2D eigenvalue weighted by Gasteiger charge is 2.21. The molecule has 90 valence electrons. The zero-order valence-electron chi connectivity index (χ0n) is 9.70. The molecule has 0 radical (unpaired) electrons. The zero-order valence-corrected chi connectivity index (χ0v) is 9.70. The van der Waals surface area contributed by atoms with Crippen molar-refractivity contribution in [3.05, 3.63) is 35.4 Å². The van der Waals surface area contributed by atoms with Gasteiger partial charge in [0.05, 0.1) is 18.3 Å². The third-order valence-electron chi connectivity index (χ3n) is 3.06. The van der Waals surface area contributed by atoms with Crippen molar-refractivity contribution in [2.45, 2.75) is 31.7 Å². The van der Waals surface area contributed by atoms with E-state index in [1.54, 1.807) is 0 Å². The first kappa shape index (κ1) is 11.6. The Hall–Kier alpha value is -1.84. The summed E-state index contributed by atoms with van der Waals surface area (Å²) in [4.78, 5) is 11.6. The van der Waals surface area contributed by atoms with Gasteiger partial charge in [0.25, 0.3) is 0 Å². The lowest BCUT2D eigenvalue weighted by Gasteiger charge is -2.26. The van der Waals surface area contributed by atoms with Gasteiger partial charge in [-0.1, -0.05) is 24.3 Å². The molecule has 17 heavy (non-hydrogen) atoms. The van der Waals surface area contributed by atoms with Crippen molar-refractivity contribution in [1.82, 2.24) is 5.32 Å². The highest BCUT2D eigenvalue weighted by Crippen LogP contribution is 2.29. The van der Waals surface area contributed by atoms with Gasteiger partial charge in [0, 0.05) is 0 Å². The van der Waals surface area contributed by atoms with Crippen LogP contribution in [0.1, 0.15) is 36.4 Å². The van der Waals surface area contributed by atoms with Gasteiger partial charge in [-0.05, 0) is 30.4 Å². The van der Waals surface area contributed by atoms with Crippen molar-refractivity contribution in [2.75, 3.05) is 0 Å². The van der Waals surface area contributed by atoms with E-state index in [-0.39, 0.29) is 24.2 Å². The minimum atomic E-state index is -0.167. The predicted molar refractivity (Wildman–Crippen MR) is 66.8 cm³/mol. The number of benzene rings is 1. The molecule has 1 aromatic rings. The van der Waals surface area contributed by atoms with E-state index in [4.69, 9.17) is 11.1 Å².